The molecule has 1 aromatic carbocycles. The molecule has 0 aliphatic rings. The maximum Gasteiger partial charge on any atom is 0.146 e. The van der Waals surface area contributed by atoms with Crippen molar-refractivity contribution < 1.29 is 4.39 Å². The van der Waals surface area contributed by atoms with Crippen LogP contribution in [0.25, 0.3) is 0 Å². The van der Waals surface area contributed by atoms with E-state index in [0.29, 0.717) is 18.8 Å². The molecule has 1 N–H and O–H groups in total. The van der Waals surface area contributed by atoms with Gasteiger partial charge in [-0.05, 0) is 74.4 Å². The number of benzene rings is 1. The first-order valence-electron chi connectivity index (χ1n) is 11.1. The van der Waals surface area contributed by atoms with E-state index >= 15 is 0 Å². The Hall–Kier alpha value is -2.34. The molecule has 0 radical (unpaired) electrons. The molecule has 6 heteroatoms. The zero-order valence-electron chi connectivity index (χ0n) is 19.1. The van der Waals surface area contributed by atoms with Crippen LogP contribution in [0.2, 0.25) is 5.02 Å². The van der Waals surface area contributed by atoms with Gasteiger partial charge in [-0.3, -0.25) is 14.9 Å². The molecule has 3 rings (SSSR count). The first-order valence-corrected chi connectivity index (χ1v) is 11.5. The molecule has 0 unspecified atom stereocenters. The summed E-state index contributed by atoms with van der Waals surface area (Å²) in [5.41, 5.74) is 3.55. The standard InChI is InChI=1S/C26H32ClFN4/c1-26(2,20-10-12-21(27)13-11-20)22-8-6-15-30-24(22)18-32(17-5-4-14-29-3)19-25-23(28)9-7-16-31-25/h6-13,15-16,29H,4-5,14,17-19H2,1-3H3. The third-order valence-electron chi connectivity index (χ3n) is 5.86. The molecular weight excluding hydrogens is 423 g/mol. The Kier molecular flexibility index (Phi) is 8.74. The Labute approximate surface area is 195 Å². The molecule has 170 valence electrons. The highest BCUT2D eigenvalue weighted by Gasteiger charge is 2.27. The molecule has 0 aliphatic carbocycles. The van der Waals surface area contributed by atoms with E-state index in [9.17, 15) is 4.39 Å². The quantitative estimate of drug-likeness (QED) is 0.383. The van der Waals surface area contributed by atoms with Gasteiger partial charge < -0.3 is 5.32 Å². The summed E-state index contributed by atoms with van der Waals surface area (Å²) in [6, 6.07) is 15.2. The topological polar surface area (TPSA) is 41.0 Å². The van der Waals surface area contributed by atoms with Crippen LogP contribution in [-0.2, 0) is 18.5 Å². The van der Waals surface area contributed by atoms with Crippen LogP contribution < -0.4 is 5.32 Å². The third-order valence-corrected chi connectivity index (χ3v) is 6.11. The summed E-state index contributed by atoms with van der Waals surface area (Å²) in [6.07, 6.45) is 5.55. The zero-order chi connectivity index (χ0) is 23.0. The van der Waals surface area contributed by atoms with Crippen molar-refractivity contribution in [3.8, 4) is 0 Å². The van der Waals surface area contributed by atoms with E-state index in [4.69, 9.17) is 16.6 Å². The van der Waals surface area contributed by atoms with Crippen molar-refractivity contribution in [1.29, 1.82) is 0 Å². The molecule has 0 saturated carbocycles. The minimum Gasteiger partial charge on any atom is -0.320 e. The van der Waals surface area contributed by atoms with Gasteiger partial charge >= 0.3 is 0 Å². The van der Waals surface area contributed by atoms with Crippen molar-refractivity contribution in [2.45, 2.75) is 45.2 Å². The summed E-state index contributed by atoms with van der Waals surface area (Å²) in [6.45, 7) is 7.28. The van der Waals surface area contributed by atoms with Crippen molar-refractivity contribution in [1.82, 2.24) is 20.2 Å². The summed E-state index contributed by atoms with van der Waals surface area (Å²) in [5.74, 6) is -0.268. The molecule has 4 nitrogen and oxygen atoms in total. The molecule has 0 amide bonds. The molecule has 2 aromatic heterocycles. The highest BCUT2D eigenvalue weighted by Crippen LogP contribution is 2.34. The monoisotopic (exact) mass is 454 g/mol. The smallest absolute Gasteiger partial charge is 0.146 e. The number of rotatable bonds is 11. The van der Waals surface area contributed by atoms with E-state index in [2.05, 4.69) is 47.2 Å². The van der Waals surface area contributed by atoms with Crippen LogP contribution in [0.4, 0.5) is 4.39 Å². The molecule has 2 heterocycles. The van der Waals surface area contributed by atoms with Crippen LogP contribution in [0.1, 0.15) is 49.2 Å². The zero-order valence-corrected chi connectivity index (χ0v) is 19.9. The number of aromatic nitrogens is 2. The normalized spacial score (nSPS) is 11.8. The lowest BCUT2D eigenvalue weighted by Gasteiger charge is -2.30. The molecule has 0 fully saturated rings. The minimum absolute atomic E-state index is 0.248. The van der Waals surface area contributed by atoms with Gasteiger partial charge in [0.05, 0.1) is 11.4 Å². The van der Waals surface area contributed by atoms with Gasteiger partial charge in [0.15, 0.2) is 0 Å². The van der Waals surface area contributed by atoms with Crippen LogP contribution in [0, 0.1) is 5.82 Å². The second kappa shape index (κ2) is 11.5. The van der Waals surface area contributed by atoms with E-state index in [-0.39, 0.29) is 11.2 Å². The molecular formula is C26H32ClFN4. The molecule has 0 bridgehead atoms. The van der Waals surface area contributed by atoms with Crippen LogP contribution in [0.3, 0.4) is 0 Å². The van der Waals surface area contributed by atoms with Gasteiger partial charge in [0.2, 0.25) is 0 Å². The van der Waals surface area contributed by atoms with Crippen LogP contribution >= 0.6 is 11.6 Å². The molecule has 32 heavy (non-hydrogen) atoms. The lowest BCUT2D eigenvalue weighted by Crippen LogP contribution is -2.29. The van der Waals surface area contributed by atoms with E-state index < -0.39 is 0 Å². The van der Waals surface area contributed by atoms with Crippen molar-refractivity contribution in [3.05, 3.63) is 94.3 Å². The highest BCUT2D eigenvalue weighted by atomic mass is 35.5. The van der Waals surface area contributed by atoms with Gasteiger partial charge in [-0.25, -0.2) is 4.39 Å². The first-order chi connectivity index (χ1) is 15.4. The summed E-state index contributed by atoms with van der Waals surface area (Å²) in [5, 5.41) is 3.91. The average Bonchev–Trinajstić information content (AvgIpc) is 2.78. The number of pyridine rings is 2. The predicted molar refractivity (Wildman–Crippen MR) is 129 cm³/mol. The van der Waals surface area contributed by atoms with Crippen molar-refractivity contribution in [2.75, 3.05) is 20.1 Å². The summed E-state index contributed by atoms with van der Waals surface area (Å²) in [4.78, 5) is 11.3. The number of nitrogens with one attached hydrogen (secondary N) is 1. The van der Waals surface area contributed by atoms with E-state index in [1.54, 1.807) is 12.3 Å². The number of hydrogen-bond donors (Lipinski definition) is 1. The fraction of sp³-hybridized carbons (Fsp3) is 0.385. The van der Waals surface area contributed by atoms with E-state index in [1.165, 1.54) is 11.6 Å². The highest BCUT2D eigenvalue weighted by molar-refractivity contribution is 6.30. The summed E-state index contributed by atoms with van der Waals surface area (Å²) >= 11 is 6.11. The molecule has 0 saturated heterocycles. The first kappa shape index (κ1) is 24.3. The Bertz CT molecular complexity index is 991. The van der Waals surface area contributed by atoms with Crippen LogP contribution in [0.5, 0.6) is 0 Å². The Morgan fingerprint density at radius 1 is 0.938 bits per heavy atom. The van der Waals surface area contributed by atoms with E-state index in [1.807, 2.05) is 31.4 Å². The predicted octanol–water partition coefficient (Wildman–Crippen LogP) is 5.60. The van der Waals surface area contributed by atoms with Gasteiger partial charge in [-0.2, -0.15) is 0 Å². The van der Waals surface area contributed by atoms with Gasteiger partial charge in [0.1, 0.15) is 5.82 Å². The van der Waals surface area contributed by atoms with Gasteiger partial charge in [0, 0.05) is 35.9 Å². The number of halogens is 2. The van der Waals surface area contributed by atoms with Crippen molar-refractivity contribution in [2.24, 2.45) is 0 Å². The fourth-order valence-corrected chi connectivity index (χ4v) is 4.09. The van der Waals surface area contributed by atoms with E-state index in [0.717, 1.165) is 42.2 Å². The number of nitrogens with zero attached hydrogens (tertiary/aromatic N) is 3. The Balaban J connectivity index is 1.87. The maximum atomic E-state index is 14.3. The number of unbranched alkanes of at least 4 members (excludes halogenated alkanes) is 1. The Morgan fingerprint density at radius 2 is 1.59 bits per heavy atom. The SMILES string of the molecule is CNCCCCN(Cc1ncccc1F)Cc1ncccc1C(C)(C)c1ccc(Cl)cc1. The lowest BCUT2D eigenvalue weighted by molar-refractivity contribution is 0.240. The molecule has 0 spiro atoms. The third kappa shape index (κ3) is 6.35. The van der Waals surface area contributed by atoms with Crippen molar-refractivity contribution >= 4 is 11.6 Å². The second-order valence-corrected chi connectivity index (χ2v) is 9.02. The van der Waals surface area contributed by atoms with Crippen LogP contribution in [-0.4, -0.2) is 35.0 Å². The fourth-order valence-electron chi connectivity index (χ4n) is 3.96. The summed E-state index contributed by atoms with van der Waals surface area (Å²) in [7, 11) is 1.96. The summed E-state index contributed by atoms with van der Waals surface area (Å²) < 4.78 is 14.3. The largest absolute Gasteiger partial charge is 0.320 e. The minimum atomic E-state index is -0.268. The van der Waals surface area contributed by atoms with Crippen molar-refractivity contribution in [3.63, 3.8) is 0 Å². The maximum absolute atomic E-state index is 14.3. The molecule has 0 atom stereocenters. The Morgan fingerprint density at radius 3 is 2.28 bits per heavy atom. The number of hydrogen-bond acceptors (Lipinski definition) is 4. The van der Waals surface area contributed by atoms with Gasteiger partial charge in [0.25, 0.3) is 0 Å². The van der Waals surface area contributed by atoms with Crippen LogP contribution in [0.15, 0.2) is 60.9 Å². The molecule has 3 aromatic rings. The van der Waals surface area contributed by atoms with Gasteiger partial charge in [-0.1, -0.05) is 43.6 Å². The lowest BCUT2D eigenvalue weighted by atomic mass is 9.77. The molecule has 0 aliphatic heterocycles. The average molecular weight is 455 g/mol. The van der Waals surface area contributed by atoms with Gasteiger partial charge in [-0.15, -0.1) is 0 Å². The second-order valence-electron chi connectivity index (χ2n) is 8.58.